The van der Waals surface area contributed by atoms with E-state index in [9.17, 15) is 4.79 Å². The van der Waals surface area contributed by atoms with E-state index in [1.165, 1.54) is 18.4 Å². The largest absolute Gasteiger partial charge is 0.463 e. The van der Waals surface area contributed by atoms with Gasteiger partial charge in [-0.25, -0.2) is 4.79 Å². The Labute approximate surface area is 80.0 Å². The molecular formula is C11H18O2. The molecule has 0 aromatic carbocycles. The van der Waals surface area contributed by atoms with E-state index in [1.54, 1.807) is 0 Å². The van der Waals surface area contributed by atoms with Crippen LogP contribution in [0.5, 0.6) is 0 Å². The summed E-state index contributed by atoms with van der Waals surface area (Å²) in [6, 6.07) is 0. The molecular weight excluding hydrogens is 164 g/mol. The molecule has 0 aliphatic heterocycles. The lowest BCUT2D eigenvalue weighted by Gasteiger charge is -2.09. The van der Waals surface area contributed by atoms with Gasteiger partial charge in [-0.2, -0.15) is 0 Å². The molecule has 1 aliphatic carbocycles. The average molecular weight is 182 g/mol. The molecule has 1 aliphatic rings. The Morgan fingerprint density at radius 1 is 1.62 bits per heavy atom. The maximum absolute atomic E-state index is 11.4. The van der Waals surface area contributed by atoms with Gasteiger partial charge in [-0.05, 0) is 39.0 Å². The highest BCUT2D eigenvalue weighted by molar-refractivity contribution is 5.88. The van der Waals surface area contributed by atoms with Crippen LogP contribution in [0.15, 0.2) is 11.1 Å². The highest BCUT2D eigenvalue weighted by atomic mass is 16.5. The molecule has 0 spiro atoms. The summed E-state index contributed by atoms with van der Waals surface area (Å²) in [5.74, 6) is 0.440. The Kier molecular flexibility index (Phi) is 3.52. The van der Waals surface area contributed by atoms with E-state index in [-0.39, 0.29) is 5.97 Å². The van der Waals surface area contributed by atoms with E-state index in [2.05, 4.69) is 6.92 Å². The second kappa shape index (κ2) is 4.45. The van der Waals surface area contributed by atoms with Gasteiger partial charge in [0, 0.05) is 5.57 Å². The maximum Gasteiger partial charge on any atom is 0.333 e. The predicted molar refractivity (Wildman–Crippen MR) is 52.3 cm³/mol. The smallest absolute Gasteiger partial charge is 0.333 e. The van der Waals surface area contributed by atoms with Gasteiger partial charge in [-0.1, -0.05) is 12.5 Å². The van der Waals surface area contributed by atoms with Crippen molar-refractivity contribution in [1.29, 1.82) is 0 Å². The Morgan fingerprint density at radius 2 is 2.31 bits per heavy atom. The number of hydrogen-bond acceptors (Lipinski definition) is 2. The lowest BCUT2D eigenvalue weighted by Crippen LogP contribution is -2.08. The van der Waals surface area contributed by atoms with Crippen molar-refractivity contribution in [2.24, 2.45) is 5.92 Å². The van der Waals surface area contributed by atoms with Crippen LogP contribution in [0.4, 0.5) is 0 Å². The number of carbonyl (C=O) groups is 1. The van der Waals surface area contributed by atoms with Gasteiger partial charge in [0.2, 0.25) is 0 Å². The first kappa shape index (κ1) is 10.3. The van der Waals surface area contributed by atoms with Crippen molar-refractivity contribution in [2.75, 3.05) is 6.61 Å². The summed E-state index contributed by atoms with van der Waals surface area (Å²) in [6.45, 7) is 6.38. The standard InChI is InChI=1S/C11H18O2/c1-4-13-11(12)9(3)10-7-5-6-8(10)2/h8H,4-7H2,1-3H3. The van der Waals surface area contributed by atoms with E-state index in [4.69, 9.17) is 4.74 Å². The topological polar surface area (TPSA) is 26.3 Å². The summed E-state index contributed by atoms with van der Waals surface area (Å²) in [5, 5.41) is 0. The van der Waals surface area contributed by atoms with Gasteiger partial charge in [0.25, 0.3) is 0 Å². The molecule has 0 amide bonds. The monoisotopic (exact) mass is 182 g/mol. The molecule has 13 heavy (non-hydrogen) atoms. The lowest BCUT2D eigenvalue weighted by atomic mass is 10.0. The molecule has 2 heteroatoms. The number of carbonyl (C=O) groups excluding carboxylic acids is 1. The van der Waals surface area contributed by atoms with Gasteiger partial charge in [0.05, 0.1) is 6.61 Å². The highest BCUT2D eigenvalue weighted by Crippen LogP contribution is 2.32. The molecule has 1 unspecified atom stereocenters. The van der Waals surface area contributed by atoms with Crippen molar-refractivity contribution in [3.05, 3.63) is 11.1 Å². The van der Waals surface area contributed by atoms with Crippen molar-refractivity contribution < 1.29 is 9.53 Å². The molecule has 0 bridgehead atoms. The maximum atomic E-state index is 11.4. The molecule has 1 rings (SSSR count). The average Bonchev–Trinajstić information content (AvgIpc) is 2.50. The predicted octanol–water partition coefficient (Wildman–Crippen LogP) is 2.69. The Balaban J connectivity index is 2.72. The Morgan fingerprint density at radius 3 is 2.77 bits per heavy atom. The zero-order valence-corrected chi connectivity index (χ0v) is 8.72. The lowest BCUT2D eigenvalue weighted by molar-refractivity contribution is -0.138. The third-order valence-corrected chi connectivity index (χ3v) is 2.74. The minimum absolute atomic E-state index is 0.133. The van der Waals surface area contributed by atoms with Crippen molar-refractivity contribution in [3.8, 4) is 0 Å². The molecule has 1 fully saturated rings. The van der Waals surface area contributed by atoms with Gasteiger partial charge in [0.15, 0.2) is 0 Å². The van der Waals surface area contributed by atoms with Gasteiger partial charge in [-0.15, -0.1) is 0 Å². The normalized spacial score (nSPS) is 25.9. The third kappa shape index (κ3) is 2.33. The highest BCUT2D eigenvalue weighted by Gasteiger charge is 2.21. The van der Waals surface area contributed by atoms with Gasteiger partial charge < -0.3 is 4.74 Å². The fourth-order valence-electron chi connectivity index (χ4n) is 1.95. The number of ether oxygens (including phenoxy) is 1. The van der Waals surface area contributed by atoms with Crippen LogP contribution in [0.1, 0.15) is 40.0 Å². The summed E-state index contributed by atoms with van der Waals surface area (Å²) >= 11 is 0. The summed E-state index contributed by atoms with van der Waals surface area (Å²) in [5.41, 5.74) is 2.14. The molecule has 0 aromatic rings. The summed E-state index contributed by atoms with van der Waals surface area (Å²) in [6.07, 6.45) is 3.51. The fourth-order valence-corrected chi connectivity index (χ4v) is 1.95. The summed E-state index contributed by atoms with van der Waals surface area (Å²) in [4.78, 5) is 11.4. The first-order chi connectivity index (χ1) is 6.16. The molecule has 1 saturated carbocycles. The zero-order chi connectivity index (χ0) is 9.84. The fraction of sp³-hybridized carbons (Fsp3) is 0.727. The van der Waals surface area contributed by atoms with E-state index in [1.807, 2.05) is 13.8 Å². The van der Waals surface area contributed by atoms with Crippen molar-refractivity contribution in [3.63, 3.8) is 0 Å². The van der Waals surface area contributed by atoms with Crippen molar-refractivity contribution >= 4 is 5.97 Å². The molecule has 2 nitrogen and oxygen atoms in total. The van der Waals surface area contributed by atoms with Crippen LogP contribution >= 0.6 is 0 Å². The van der Waals surface area contributed by atoms with Crippen LogP contribution in [-0.4, -0.2) is 12.6 Å². The zero-order valence-electron chi connectivity index (χ0n) is 8.72. The first-order valence-electron chi connectivity index (χ1n) is 5.03. The van der Waals surface area contributed by atoms with Crippen LogP contribution in [0.3, 0.4) is 0 Å². The van der Waals surface area contributed by atoms with Crippen LogP contribution in [0, 0.1) is 5.92 Å². The molecule has 1 atom stereocenters. The van der Waals surface area contributed by atoms with Crippen LogP contribution in [-0.2, 0) is 9.53 Å². The number of rotatable bonds is 2. The molecule has 0 aromatic heterocycles. The van der Waals surface area contributed by atoms with Gasteiger partial charge in [-0.3, -0.25) is 0 Å². The van der Waals surface area contributed by atoms with Crippen LogP contribution in [0.2, 0.25) is 0 Å². The molecule has 0 radical (unpaired) electrons. The van der Waals surface area contributed by atoms with Crippen molar-refractivity contribution in [2.45, 2.75) is 40.0 Å². The summed E-state index contributed by atoms with van der Waals surface area (Å²) in [7, 11) is 0. The van der Waals surface area contributed by atoms with Gasteiger partial charge >= 0.3 is 5.97 Å². The Hall–Kier alpha value is -0.790. The van der Waals surface area contributed by atoms with E-state index in [0.29, 0.717) is 12.5 Å². The Bertz CT molecular complexity index is 228. The SMILES string of the molecule is CCOC(=O)C(C)=C1CCCC1C. The third-order valence-electron chi connectivity index (χ3n) is 2.74. The molecule has 0 saturated heterocycles. The van der Waals surface area contributed by atoms with Gasteiger partial charge in [0.1, 0.15) is 0 Å². The van der Waals surface area contributed by atoms with E-state index >= 15 is 0 Å². The van der Waals surface area contributed by atoms with Crippen LogP contribution < -0.4 is 0 Å². The number of esters is 1. The first-order valence-corrected chi connectivity index (χ1v) is 5.03. The summed E-state index contributed by atoms with van der Waals surface area (Å²) < 4.78 is 4.97. The minimum Gasteiger partial charge on any atom is -0.463 e. The molecule has 0 heterocycles. The number of hydrogen-bond donors (Lipinski definition) is 0. The molecule has 74 valence electrons. The van der Waals surface area contributed by atoms with Crippen LogP contribution in [0.25, 0.3) is 0 Å². The second-order valence-corrected chi connectivity index (χ2v) is 3.66. The number of allylic oxidation sites excluding steroid dienone is 1. The van der Waals surface area contributed by atoms with E-state index < -0.39 is 0 Å². The minimum atomic E-state index is -0.133. The quantitative estimate of drug-likeness (QED) is 0.485. The van der Waals surface area contributed by atoms with E-state index in [0.717, 1.165) is 12.0 Å². The molecule has 0 N–H and O–H groups in total. The van der Waals surface area contributed by atoms with Crippen molar-refractivity contribution in [1.82, 2.24) is 0 Å². The second-order valence-electron chi connectivity index (χ2n) is 3.66.